The normalized spacial score (nSPS) is 30.0. The first kappa shape index (κ1) is 28.2. The zero-order valence-corrected chi connectivity index (χ0v) is 27.7. The molecule has 4 aromatic rings. The van der Waals surface area contributed by atoms with Gasteiger partial charge in [-0.1, -0.05) is 99.4 Å². The molecule has 1 saturated carbocycles. The third-order valence-electron chi connectivity index (χ3n) is 11.8. The first-order valence-electron chi connectivity index (χ1n) is 16.7. The highest BCUT2D eigenvalue weighted by atomic mass is 16.5. The highest BCUT2D eigenvalue weighted by Gasteiger charge is 2.92. The lowest BCUT2D eigenvalue weighted by Crippen LogP contribution is -2.55. The number of benzene rings is 4. The molecule has 2 aliphatic heterocycles. The smallest absolute Gasteiger partial charge is 0.296 e. The van der Waals surface area contributed by atoms with Crippen molar-refractivity contribution in [2.45, 2.75) is 96.5 Å². The summed E-state index contributed by atoms with van der Waals surface area (Å²) in [5.74, 6) is 2.10. The maximum Gasteiger partial charge on any atom is 0.296 e. The average Bonchev–Trinajstić information content (AvgIpc) is 3.23. The monoisotopic (exact) mass is 584 g/mol. The minimum absolute atomic E-state index is 0.108. The topological polar surface area (TPSA) is 36.6 Å². The summed E-state index contributed by atoms with van der Waals surface area (Å²) in [5, 5.41) is 9.42. The molecule has 0 saturated heterocycles. The summed E-state index contributed by atoms with van der Waals surface area (Å²) >= 11 is 0. The highest BCUT2D eigenvalue weighted by molar-refractivity contribution is 6.16. The first-order valence-corrected chi connectivity index (χ1v) is 16.7. The molecule has 0 aromatic heterocycles. The van der Waals surface area contributed by atoms with E-state index >= 15 is 0 Å². The van der Waals surface area contributed by atoms with Crippen LogP contribution in [0.3, 0.4) is 0 Å². The van der Waals surface area contributed by atoms with E-state index in [0.717, 1.165) is 6.42 Å². The SMILES string of the molecule is COC1(NC(C)C)C2(C)c3cc(C(C)C)c4ccccc4c3C3=[N+](C(C(C)C)=NC4c5ccc6ccccc6c5CC34)C12C. The Labute approximate surface area is 262 Å². The van der Waals surface area contributed by atoms with Crippen LogP contribution in [0.25, 0.3) is 21.5 Å². The molecule has 0 bridgehead atoms. The Morgan fingerprint density at radius 1 is 0.864 bits per heavy atom. The van der Waals surface area contributed by atoms with Gasteiger partial charge in [-0.15, -0.1) is 0 Å². The zero-order valence-electron chi connectivity index (χ0n) is 27.7. The molecule has 5 unspecified atom stereocenters. The lowest BCUT2D eigenvalue weighted by atomic mass is 9.74. The van der Waals surface area contributed by atoms with E-state index in [-0.39, 0.29) is 34.9 Å². The van der Waals surface area contributed by atoms with Gasteiger partial charge in [-0.3, -0.25) is 5.32 Å². The number of hydrogen-bond donors (Lipinski definition) is 1. The van der Waals surface area contributed by atoms with Crippen LogP contribution in [0.5, 0.6) is 0 Å². The van der Waals surface area contributed by atoms with Gasteiger partial charge in [0, 0.05) is 24.3 Å². The number of nitrogens with zero attached hydrogens (tertiary/aromatic N) is 2. The van der Waals surface area contributed by atoms with Gasteiger partial charge in [0.15, 0.2) is 17.3 Å². The van der Waals surface area contributed by atoms with Gasteiger partial charge in [0.2, 0.25) is 0 Å². The van der Waals surface area contributed by atoms with Gasteiger partial charge in [0.05, 0.1) is 17.3 Å². The summed E-state index contributed by atoms with van der Waals surface area (Å²) in [6.07, 6.45) is 0.992. The number of aliphatic imine (C=N–C) groups is 1. The molecule has 0 radical (unpaired) electrons. The number of nitrogens with one attached hydrogen (secondary N) is 1. The standard InChI is InChI=1S/C40H46N3O/c1-22(2)30-21-33-34(28-17-13-12-16-27(28)30)36-32-20-31-26-15-11-10-14-25(26)18-19-29(31)35(32)41-37(23(3)4)43(36)39(8)38(33,7)40(39,44-9)42-24(5)6/h10-19,21-24,32,35,42H,20H2,1-9H3/q+1. The number of rotatable bonds is 5. The van der Waals surface area contributed by atoms with E-state index in [4.69, 9.17) is 9.73 Å². The maximum absolute atomic E-state index is 6.77. The molecule has 4 aromatic carbocycles. The molecule has 1 fully saturated rings. The van der Waals surface area contributed by atoms with Gasteiger partial charge in [0.25, 0.3) is 5.84 Å². The van der Waals surface area contributed by atoms with Gasteiger partial charge >= 0.3 is 0 Å². The van der Waals surface area contributed by atoms with E-state index in [2.05, 4.69) is 132 Å². The molecule has 8 rings (SSSR count). The van der Waals surface area contributed by atoms with Gasteiger partial charge in [-0.2, -0.15) is 0 Å². The second kappa shape index (κ2) is 9.11. The van der Waals surface area contributed by atoms with Crippen LogP contribution < -0.4 is 5.32 Å². The highest BCUT2D eigenvalue weighted by Crippen LogP contribution is 2.72. The predicted molar refractivity (Wildman–Crippen MR) is 182 cm³/mol. The van der Waals surface area contributed by atoms with E-state index < -0.39 is 5.72 Å². The third kappa shape index (κ3) is 3.12. The van der Waals surface area contributed by atoms with Crippen LogP contribution in [-0.2, 0) is 16.6 Å². The van der Waals surface area contributed by atoms with Crippen molar-refractivity contribution >= 4 is 33.1 Å². The van der Waals surface area contributed by atoms with Crippen molar-refractivity contribution in [3.05, 3.63) is 94.5 Å². The summed E-state index contributed by atoms with van der Waals surface area (Å²) in [4.78, 5) is 5.75. The van der Waals surface area contributed by atoms with Crippen LogP contribution in [0.2, 0.25) is 0 Å². The number of hydrogen-bond acceptors (Lipinski definition) is 3. The molecule has 0 spiro atoms. The van der Waals surface area contributed by atoms with Crippen molar-refractivity contribution in [2.75, 3.05) is 7.11 Å². The maximum atomic E-state index is 6.77. The van der Waals surface area contributed by atoms with E-state index in [1.54, 1.807) is 0 Å². The van der Waals surface area contributed by atoms with Gasteiger partial charge in [-0.25, -0.2) is 4.58 Å². The van der Waals surface area contributed by atoms with Crippen molar-refractivity contribution < 1.29 is 9.31 Å². The van der Waals surface area contributed by atoms with Gasteiger partial charge in [0.1, 0.15) is 5.71 Å². The van der Waals surface area contributed by atoms with Gasteiger partial charge in [-0.05, 0) is 78.3 Å². The van der Waals surface area contributed by atoms with Crippen molar-refractivity contribution in [1.82, 2.24) is 5.32 Å². The average molecular weight is 585 g/mol. The summed E-state index contributed by atoms with van der Waals surface area (Å²) in [6, 6.07) is 25.6. The Bertz CT molecular complexity index is 1950. The van der Waals surface area contributed by atoms with Crippen LogP contribution >= 0.6 is 0 Å². The Balaban J connectivity index is 1.52. The molecule has 2 heterocycles. The minimum Gasteiger partial charge on any atom is -0.358 e. The molecule has 4 nitrogen and oxygen atoms in total. The molecule has 44 heavy (non-hydrogen) atoms. The third-order valence-corrected chi connectivity index (χ3v) is 11.8. The molecule has 2 aliphatic carbocycles. The molecular weight excluding hydrogens is 538 g/mol. The number of ether oxygens (including phenoxy) is 1. The summed E-state index contributed by atoms with van der Waals surface area (Å²) in [7, 11) is 1.91. The summed E-state index contributed by atoms with van der Waals surface area (Å²) < 4.78 is 9.46. The molecule has 1 N–H and O–H groups in total. The zero-order chi connectivity index (χ0) is 30.9. The van der Waals surface area contributed by atoms with Gasteiger partial charge < -0.3 is 4.74 Å². The summed E-state index contributed by atoms with van der Waals surface area (Å²) in [6.45, 7) is 18.7. The van der Waals surface area contributed by atoms with Crippen molar-refractivity contribution in [1.29, 1.82) is 0 Å². The van der Waals surface area contributed by atoms with Crippen LogP contribution in [0.4, 0.5) is 0 Å². The van der Waals surface area contributed by atoms with E-state index in [9.17, 15) is 0 Å². The van der Waals surface area contributed by atoms with Crippen LogP contribution in [0.1, 0.15) is 95.2 Å². The summed E-state index contributed by atoms with van der Waals surface area (Å²) in [5.41, 5.74) is 7.33. The number of methoxy groups -OCH3 is 1. The Morgan fingerprint density at radius 3 is 2.20 bits per heavy atom. The van der Waals surface area contributed by atoms with Crippen LogP contribution in [-0.4, -0.2) is 40.5 Å². The Morgan fingerprint density at radius 2 is 1.55 bits per heavy atom. The lowest BCUT2D eigenvalue weighted by Gasteiger charge is -2.36. The molecule has 226 valence electrons. The Hall–Kier alpha value is -3.34. The van der Waals surface area contributed by atoms with Crippen molar-refractivity contribution in [3.8, 4) is 0 Å². The predicted octanol–water partition coefficient (Wildman–Crippen LogP) is 8.28. The quantitative estimate of drug-likeness (QED) is 0.189. The molecular formula is C40H46N3O+. The fourth-order valence-corrected chi connectivity index (χ4v) is 9.86. The van der Waals surface area contributed by atoms with E-state index in [1.807, 2.05) is 7.11 Å². The second-order valence-electron chi connectivity index (χ2n) is 14.9. The minimum atomic E-state index is -0.581. The first-order chi connectivity index (χ1) is 21.0. The van der Waals surface area contributed by atoms with Crippen LogP contribution in [0.15, 0.2) is 71.7 Å². The molecule has 4 aliphatic rings. The van der Waals surface area contributed by atoms with Crippen molar-refractivity contribution in [3.63, 3.8) is 0 Å². The molecule has 0 amide bonds. The van der Waals surface area contributed by atoms with Crippen molar-refractivity contribution in [2.24, 2.45) is 16.8 Å². The number of amidine groups is 1. The molecule has 4 heteroatoms. The van der Waals surface area contributed by atoms with E-state index in [1.165, 1.54) is 60.9 Å². The number of fused-ring (bicyclic) bond motifs is 13. The Kier molecular flexibility index (Phi) is 5.83. The fraction of sp³-hybridized carbons (Fsp3) is 0.450. The lowest BCUT2D eigenvalue weighted by molar-refractivity contribution is -0.495. The van der Waals surface area contributed by atoms with E-state index in [0.29, 0.717) is 5.92 Å². The fourth-order valence-electron chi connectivity index (χ4n) is 9.86. The van der Waals surface area contributed by atoms with Crippen LogP contribution in [0, 0.1) is 11.8 Å². The largest absolute Gasteiger partial charge is 0.358 e. The molecule has 5 atom stereocenters. The second-order valence-corrected chi connectivity index (χ2v) is 14.9.